The van der Waals surface area contributed by atoms with Crippen molar-refractivity contribution in [3.8, 4) is 22.3 Å². The summed E-state index contributed by atoms with van der Waals surface area (Å²) in [5.74, 6) is -0.306. The third-order valence-electron chi connectivity index (χ3n) is 18.9. The van der Waals surface area contributed by atoms with E-state index in [2.05, 4.69) is 340 Å². The van der Waals surface area contributed by atoms with Crippen molar-refractivity contribution in [3.05, 3.63) is 346 Å². The van der Waals surface area contributed by atoms with Crippen LogP contribution in [0.15, 0.2) is 350 Å². The highest BCUT2D eigenvalue weighted by Crippen LogP contribution is 2.52. The van der Waals surface area contributed by atoms with Crippen molar-refractivity contribution in [2.75, 3.05) is 24.5 Å². The molecule has 0 spiro atoms. The van der Waals surface area contributed by atoms with Gasteiger partial charge in [0.1, 0.15) is 5.82 Å². The Balaban J connectivity index is 0.907. The second kappa shape index (κ2) is 22.5. The van der Waals surface area contributed by atoms with E-state index in [0.717, 1.165) is 117 Å². The molecule has 0 atom stereocenters. The van der Waals surface area contributed by atoms with Crippen molar-refractivity contribution in [2.24, 2.45) is 0 Å². The minimum atomic E-state index is -0.306. The molecule has 0 aromatic heterocycles. The van der Waals surface area contributed by atoms with Crippen LogP contribution in [0.5, 0.6) is 0 Å². The van der Waals surface area contributed by atoms with E-state index in [-0.39, 0.29) is 19.2 Å². The Morgan fingerprint density at radius 3 is 1.30 bits per heavy atom. The molecule has 14 aromatic carbocycles. The van der Waals surface area contributed by atoms with Crippen LogP contribution in [0.3, 0.4) is 0 Å². The average Bonchev–Trinajstić information content (AvgIpc) is 0.699. The molecule has 5 nitrogen and oxygen atoms in total. The Kier molecular flexibility index (Phi) is 13.1. The summed E-state index contributed by atoms with van der Waals surface area (Å²) >= 11 is 1.82. The van der Waals surface area contributed by atoms with Gasteiger partial charge in [0.15, 0.2) is 0 Å². The third-order valence-corrected chi connectivity index (χ3v) is 20.0. The van der Waals surface area contributed by atoms with Crippen molar-refractivity contribution in [1.29, 1.82) is 0 Å². The van der Waals surface area contributed by atoms with Gasteiger partial charge >= 0.3 is 0 Å². The summed E-state index contributed by atoms with van der Waals surface area (Å²) in [7, 11) is 0. The van der Waals surface area contributed by atoms with E-state index in [1.165, 1.54) is 27.4 Å². The normalized spacial score (nSPS) is 12.8. The zero-order valence-electron chi connectivity index (χ0n) is 50.5. The summed E-state index contributed by atoms with van der Waals surface area (Å²) in [6, 6.07) is 122. The van der Waals surface area contributed by atoms with Gasteiger partial charge < -0.3 is 24.5 Å². The molecule has 0 unspecified atom stereocenters. The van der Waals surface area contributed by atoms with Crippen molar-refractivity contribution in [2.45, 2.75) is 9.79 Å². The fourth-order valence-electron chi connectivity index (χ4n) is 15.0. The van der Waals surface area contributed by atoms with Crippen LogP contribution in [0.1, 0.15) is 0 Å². The molecule has 0 bridgehead atoms. The lowest BCUT2D eigenvalue weighted by Crippen LogP contribution is -2.64. The summed E-state index contributed by atoms with van der Waals surface area (Å²) in [6.45, 7) is -0.420. The molecule has 0 aliphatic carbocycles. The monoisotopic (exact) mass is 1210 g/mol. The van der Waals surface area contributed by atoms with E-state index < -0.39 is 0 Å². The molecule has 18 rings (SSSR count). The maximum Gasteiger partial charge on any atom is 0.252 e. The van der Waals surface area contributed by atoms with Crippen molar-refractivity contribution in [1.82, 2.24) is 0 Å². The largest absolute Gasteiger partial charge is 0.311 e. The molecular formula is C84H56B2FN5S. The van der Waals surface area contributed by atoms with Gasteiger partial charge in [-0.15, -0.1) is 0 Å². The topological polar surface area (TPSA) is 16.2 Å². The summed E-state index contributed by atoms with van der Waals surface area (Å²) < 4.78 is 17.6. The number of hydrogen-bond acceptors (Lipinski definition) is 6. The number of hydrogen-bond donors (Lipinski definition) is 0. The number of anilines is 15. The Morgan fingerprint density at radius 1 is 0.269 bits per heavy atom. The molecule has 4 heterocycles. The number of fused-ring (bicyclic) bond motifs is 8. The summed E-state index contributed by atoms with van der Waals surface area (Å²) in [5, 5.41) is 0. The molecule has 4 aliphatic rings. The number of nitrogens with zero attached hydrogens (tertiary/aromatic N) is 5. The lowest BCUT2D eigenvalue weighted by molar-refractivity contribution is 0.629. The Hall–Kier alpha value is -11.5. The van der Waals surface area contributed by atoms with Gasteiger partial charge in [-0.2, -0.15) is 0 Å². The van der Waals surface area contributed by atoms with Crippen LogP contribution in [0.4, 0.5) is 89.7 Å². The zero-order valence-corrected chi connectivity index (χ0v) is 51.3. The predicted molar refractivity (Wildman–Crippen MR) is 391 cm³/mol. The van der Waals surface area contributed by atoms with E-state index in [1.807, 2.05) is 23.9 Å². The number of para-hydroxylation sites is 8. The molecule has 0 saturated heterocycles. The maximum atomic E-state index is 17.6. The van der Waals surface area contributed by atoms with Gasteiger partial charge in [-0.25, -0.2) is 4.39 Å². The highest BCUT2D eigenvalue weighted by molar-refractivity contribution is 8.00. The molecule has 0 saturated carbocycles. The predicted octanol–water partition coefficient (Wildman–Crippen LogP) is 18.9. The van der Waals surface area contributed by atoms with E-state index in [4.69, 9.17) is 0 Å². The zero-order chi connectivity index (χ0) is 61.5. The minimum Gasteiger partial charge on any atom is -0.311 e. The highest BCUT2D eigenvalue weighted by Gasteiger charge is 2.48. The average molecular weight is 1210 g/mol. The van der Waals surface area contributed by atoms with Gasteiger partial charge in [0.25, 0.3) is 6.71 Å². The molecular weight excluding hydrogens is 1150 g/mol. The summed E-state index contributed by atoms with van der Waals surface area (Å²) in [6.07, 6.45) is 0. The van der Waals surface area contributed by atoms with Crippen LogP contribution >= 0.6 is 11.8 Å². The lowest BCUT2D eigenvalue weighted by atomic mass is 9.31. The van der Waals surface area contributed by atoms with E-state index >= 15 is 4.39 Å². The summed E-state index contributed by atoms with van der Waals surface area (Å²) in [4.78, 5) is 14.2. The molecule has 0 radical (unpaired) electrons. The Bertz CT molecular complexity index is 5140. The SMILES string of the molecule is Fc1ccccc1N1c2cc3c(cc2B2c4ccccc4N(c4ccccc4)c4cc(N(c5ccccc5)c5ccccc5)cc1c42)B1c2ccccc2N(c2ccccc2)c2cc(N(c4ccc(-c5ccccc5)cc4)c4ccccc4-c4ccccc4)cc(c21)S3. The van der Waals surface area contributed by atoms with Crippen LogP contribution in [0.25, 0.3) is 22.3 Å². The Labute approximate surface area is 546 Å². The van der Waals surface area contributed by atoms with Gasteiger partial charge in [0, 0.05) is 83.6 Å². The standard InChI is InChI=1S/C84H56B2FN5S/c87-72-42-22-26-46-76(72)92-77-56-81-71(55-70(77)85-68-40-20-24-44-74(68)90(62-35-15-5-16-36-62)78-51-65(52-79(92)83(78)85)88(60-31-11-3-12-32-60)61-33-13-4-14-34-61)86-69-41-21-25-45-75(69)91(63-37-17-6-18-38-63)80-53-66(54-82(93-81)84(80)86)89(64-49-47-58(48-50-64)57-27-7-1-8-28-57)73-43-23-19-39-67(73)59-29-9-2-10-30-59/h1-56H. The van der Waals surface area contributed by atoms with Crippen molar-refractivity contribution in [3.63, 3.8) is 0 Å². The molecule has 436 valence electrons. The van der Waals surface area contributed by atoms with E-state index in [1.54, 1.807) is 12.1 Å². The Morgan fingerprint density at radius 2 is 0.710 bits per heavy atom. The fraction of sp³-hybridized carbons (Fsp3) is 0. The molecule has 4 aliphatic heterocycles. The smallest absolute Gasteiger partial charge is 0.252 e. The number of halogens is 1. The first-order valence-corrected chi connectivity index (χ1v) is 32.6. The second-order valence-corrected chi connectivity index (χ2v) is 25.2. The first-order valence-electron chi connectivity index (χ1n) is 31.7. The second-order valence-electron chi connectivity index (χ2n) is 24.1. The van der Waals surface area contributed by atoms with Gasteiger partial charge in [-0.05, 0) is 165 Å². The van der Waals surface area contributed by atoms with Crippen LogP contribution in [0.2, 0.25) is 0 Å². The quantitative estimate of drug-likeness (QED) is 0.119. The van der Waals surface area contributed by atoms with Crippen LogP contribution in [-0.4, -0.2) is 13.4 Å². The highest BCUT2D eigenvalue weighted by atomic mass is 32.2. The summed E-state index contributed by atoms with van der Waals surface area (Å²) in [5.41, 5.74) is 26.6. The minimum absolute atomic E-state index is 0.174. The fourth-order valence-corrected chi connectivity index (χ4v) is 16.2. The van der Waals surface area contributed by atoms with Gasteiger partial charge in [-0.1, -0.05) is 236 Å². The van der Waals surface area contributed by atoms with Crippen molar-refractivity contribution < 1.29 is 4.39 Å². The van der Waals surface area contributed by atoms with Crippen LogP contribution < -0.4 is 57.3 Å². The molecule has 0 fully saturated rings. The molecule has 0 N–H and O–H groups in total. The molecule has 93 heavy (non-hydrogen) atoms. The van der Waals surface area contributed by atoms with E-state index in [0.29, 0.717) is 5.69 Å². The molecule has 14 aromatic rings. The third kappa shape index (κ3) is 9.02. The number of rotatable bonds is 11. The first kappa shape index (κ1) is 54.4. The molecule has 9 heteroatoms. The van der Waals surface area contributed by atoms with Crippen LogP contribution in [-0.2, 0) is 0 Å². The van der Waals surface area contributed by atoms with Crippen LogP contribution in [0, 0.1) is 5.82 Å². The van der Waals surface area contributed by atoms with E-state index in [9.17, 15) is 0 Å². The first-order chi connectivity index (χ1) is 46.1. The van der Waals surface area contributed by atoms with Gasteiger partial charge in [-0.3, -0.25) is 0 Å². The maximum absolute atomic E-state index is 17.6. The van der Waals surface area contributed by atoms with Gasteiger partial charge in [0.2, 0.25) is 6.71 Å². The van der Waals surface area contributed by atoms with Gasteiger partial charge in [0.05, 0.1) is 17.1 Å². The number of benzene rings is 14. The van der Waals surface area contributed by atoms with Crippen molar-refractivity contribution >= 4 is 143 Å². The molecule has 0 amide bonds. The lowest BCUT2D eigenvalue weighted by Gasteiger charge is -2.46.